The smallest absolute Gasteiger partial charge is 0.251 e. The van der Waals surface area contributed by atoms with Gasteiger partial charge >= 0.3 is 0 Å². The molecule has 0 spiro atoms. The van der Waals surface area contributed by atoms with Crippen LogP contribution in [0.3, 0.4) is 0 Å². The molecule has 0 saturated carbocycles. The summed E-state index contributed by atoms with van der Waals surface area (Å²) in [6, 6.07) is 12.2. The van der Waals surface area contributed by atoms with E-state index in [1.807, 2.05) is 18.2 Å². The van der Waals surface area contributed by atoms with Crippen molar-refractivity contribution in [3.05, 3.63) is 59.9 Å². The lowest BCUT2D eigenvalue weighted by molar-refractivity contribution is 0.0950. The molecule has 1 aliphatic heterocycles. The quantitative estimate of drug-likeness (QED) is 0.922. The van der Waals surface area contributed by atoms with Crippen molar-refractivity contribution < 1.29 is 13.2 Å². The summed E-state index contributed by atoms with van der Waals surface area (Å²) < 4.78 is 25.3. The SMILES string of the molecule is O=C(NCc1ccccn1)c1cccc(N2CCCS2(=O)=O)c1. The molecule has 0 bridgehead atoms. The summed E-state index contributed by atoms with van der Waals surface area (Å²) in [5.74, 6) is -0.0996. The van der Waals surface area contributed by atoms with Gasteiger partial charge < -0.3 is 5.32 Å². The first-order valence-electron chi connectivity index (χ1n) is 7.35. The summed E-state index contributed by atoms with van der Waals surface area (Å²) in [6.45, 7) is 0.785. The van der Waals surface area contributed by atoms with Crippen LogP contribution in [-0.2, 0) is 16.6 Å². The van der Waals surface area contributed by atoms with Gasteiger partial charge in [-0.15, -0.1) is 0 Å². The number of sulfonamides is 1. The first-order valence-corrected chi connectivity index (χ1v) is 8.96. The van der Waals surface area contributed by atoms with Gasteiger partial charge in [0.1, 0.15) is 0 Å². The van der Waals surface area contributed by atoms with Crippen molar-refractivity contribution in [3.63, 3.8) is 0 Å². The summed E-state index contributed by atoms with van der Waals surface area (Å²) in [5, 5.41) is 2.78. The number of pyridine rings is 1. The van der Waals surface area contributed by atoms with E-state index in [4.69, 9.17) is 0 Å². The number of carbonyl (C=O) groups is 1. The minimum absolute atomic E-state index is 0.156. The number of anilines is 1. The van der Waals surface area contributed by atoms with Gasteiger partial charge in [0.25, 0.3) is 5.91 Å². The Balaban J connectivity index is 1.73. The maximum atomic E-state index is 12.2. The highest BCUT2D eigenvalue weighted by Crippen LogP contribution is 2.24. The number of benzene rings is 1. The molecule has 1 aliphatic rings. The molecule has 0 atom stereocenters. The van der Waals surface area contributed by atoms with E-state index in [9.17, 15) is 13.2 Å². The standard InChI is InChI=1S/C16H17N3O3S/c20-16(18-12-14-6-1-2-8-17-14)13-5-3-7-15(11-13)19-9-4-10-23(19,21)22/h1-3,5-8,11H,4,9-10,12H2,(H,18,20). The lowest BCUT2D eigenvalue weighted by atomic mass is 10.2. The van der Waals surface area contributed by atoms with E-state index in [0.29, 0.717) is 30.8 Å². The zero-order valence-corrected chi connectivity index (χ0v) is 13.3. The molecule has 0 radical (unpaired) electrons. The average molecular weight is 331 g/mol. The van der Waals surface area contributed by atoms with Gasteiger partial charge in [-0.1, -0.05) is 12.1 Å². The van der Waals surface area contributed by atoms with Gasteiger partial charge in [0.05, 0.1) is 23.7 Å². The van der Waals surface area contributed by atoms with Crippen LogP contribution in [0.1, 0.15) is 22.5 Å². The fourth-order valence-corrected chi connectivity index (χ4v) is 4.06. The maximum absolute atomic E-state index is 12.2. The van der Waals surface area contributed by atoms with E-state index in [0.717, 1.165) is 5.69 Å². The molecule has 1 aromatic carbocycles. The van der Waals surface area contributed by atoms with E-state index >= 15 is 0 Å². The third kappa shape index (κ3) is 3.50. The number of rotatable bonds is 4. The average Bonchev–Trinajstić information content (AvgIpc) is 2.93. The van der Waals surface area contributed by atoms with Crippen LogP contribution < -0.4 is 9.62 Å². The van der Waals surface area contributed by atoms with Gasteiger partial charge in [-0.3, -0.25) is 14.1 Å². The number of aromatic nitrogens is 1. The number of nitrogens with one attached hydrogen (secondary N) is 1. The zero-order chi connectivity index (χ0) is 16.3. The van der Waals surface area contributed by atoms with E-state index in [2.05, 4.69) is 10.3 Å². The number of carbonyl (C=O) groups excluding carboxylic acids is 1. The molecule has 1 fully saturated rings. The lowest BCUT2D eigenvalue weighted by Gasteiger charge is -2.17. The van der Waals surface area contributed by atoms with Crippen LogP contribution in [-0.4, -0.2) is 31.6 Å². The second-order valence-electron chi connectivity index (χ2n) is 5.30. The molecule has 1 aromatic heterocycles. The third-order valence-corrected chi connectivity index (χ3v) is 5.52. The van der Waals surface area contributed by atoms with Crippen molar-refractivity contribution in [3.8, 4) is 0 Å². The summed E-state index contributed by atoms with van der Waals surface area (Å²) in [5.41, 5.74) is 1.73. The van der Waals surface area contributed by atoms with Crippen LogP contribution in [0.2, 0.25) is 0 Å². The van der Waals surface area contributed by atoms with Gasteiger partial charge in [0, 0.05) is 18.3 Å². The molecule has 120 valence electrons. The van der Waals surface area contributed by atoms with Gasteiger partial charge in [0.2, 0.25) is 10.0 Å². The lowest BCUT2D eigenvalue weighted by Crippen LogP contribution is -2.26. The maximum Gasteiger partial charge on any atom is 0.251 e. The summed E-state index contributed by atoms with van der Waals surface area (Å²) in [6.07, 6.45) is 2.28. The molecule has 0 unspecified atom stereocenters. The molecular weight excluding hydrogens is 314 g/mol. The molecular formula is C16H17N3O3S. The van der Waals surface area contributed by atoms with Crippen LogP contribution in [0.25, 0.3) is 0 Å². The Morgan fingerprint density at radius 2 is 2.09 bits per heavy atom. The van der Waals surface area contributed by atoms with Gasteiger partial charge in [-0.25, -0.2) is 8.42 Å². The number of amides is 1. The van der Waals surface area contributed by atoms with Gasteiger partial charge in [-0.05, 0) is 36.8 Å². The van der Waals surface area contributed by atoms with Crippen LogP contribution in [0.5, 0.6) is 0 Å². The van der Waals surface area contributed by atoms with Gasteiger partial charge in [-0.2, -0.15) is 0 Å². The first-order chi connectivity index (χ1) is 11.1. The highest BCUT2D eigenvalue weighted by Gasteiger charge is 2.28. The van der Waals surface area contributed by atoms with Crippen molar-refractivity contribution in [2.45, 2.75) is 13.0 Å². The second-order valence-corrected chi connectivity index (χ2v) is 7.31. The van der Waals surface area contributed by atoms with E-state index in [1.54, 1.807) is 30.5 Å². The Bertz CT molecular complexity index is 806. The fourth-order valence-electron chi connectivity index (χ4n) is 2.51. The molecule has 6 nitrogen and oxygen atoms in total. The molecule has 1 saturated heterocycles. The highest BCUT2D eigenvalue weighted by molar-refractivity contribution is 7.93. The number of hydrogen-bond acceptors (Lipinski definition) is 4. The Morgan fingerprint density at radius 1 is 1.22 bits per heavy atom. The normalized spacial score (nSPS) is 16.3. The van der Waals surface area contributed by atoms with Crippen LogP contribution in [0.4, 0.5) is 5.69 Å². The van der Waals surface area contributed by atoms with Crippen molar-refractivity contribution in [1.82, 2.24) is 10.3 Å². The minimum atomic E-state index is -3.25. The van der Waals surface area contributed by atoms with E-state index < -0.39 is 10.0 Å². The van der Waals surface area contributed by atoms with Gasteiger partial charge in [0.15, 0.2) is 0 Å². The molecule has 1 N–H and O–H groups in total. The summed E-state index contributed by atoms with van der Waals surface area (Å²) in [7, 11) is -3.25. The van der Waals surface area contributed by atoms with Crippen molar-refractivity contribution in [2.75, 3.05) is 16.6 Å². The summed E-state index contributed by atoms with van der Waals surface area (Å²) in [4.78, 5) is 16.4. The van der Waals surface area contributed by atoms with E-state index in [1.165, 1.54) is 4.31 Å². The van der Waals surface area contributed by atoms with Crippen molar-refractivity contribution in [2.24, 2.45) is 0 Å². The molecule has 0 aliphatic carbocycles. The van der Waals surface area contributed by atoms with Crippen LogP contribution in [0, 0.1) is 0 Å². The topological polar surface area (TPSA) is 79.4 Å². The number of nitrogens with zero attached hydrogens (tertiary/aromatic N) is 2. The fraction of sp³-hybridized carbons (Fsp3) is 0.250. The molecule has 3 rings (SSSR count). The molecule has 7 heteroatoms. The van der Waals surface area contributed by atoms with Crippen molar-refractivity contribution >= 4 is 21.6 Å². The van der Waals surface area contributed by atoms with Crippen LogP contribution >= 0.6 is 0 Å². The molecule has 23 heavy (non-hydrogen) atoms. The second kappa shape index (κ2) is 6.37. The molecule has 2 heterocycles. The minimum Gasteiger partial charge on any atom is -0.346 e. The monoisotopic (exact) mass is 331 g/mol. The molecule has 2 aromatic rings. The zero-order valence-electron chi connectivity index (χ0n) is 12.5. The Hall–Kier alpha value is -2.41. The largest absolute Gasteiger partial charge is 0.346 e. The Morgan fingerprint density at radius 3 is 2.78 bits per heavy atom. The van der Waals surface area contributed by atoms with E-state index in [-0.39, 0.29) is 11.7 Å². The predicted octanol–water partition coefficient (Wildman–Crippen LogP) is 1.55. The number of hydrogen-bond donors (Lipinski definition) is 1. The highest BCUT2D eigenvalue weighted by atomic mass is 32.2. The Kier molecular flexibility index (Phi) is 4.29. The third-order valence-electron chi connectivity index (χ3n) is 3.65. The summed E-state index contributed by atoms with van der Waals surface area (Å²) >= 11 is 0. The van der Waals surface area contributed by atoms with Crippen molar-refractivity contribution in [1.29, 1.82) is 0 Å². The van der Waals surface area contributed by atoms with Crippen LogP contribution in [0.15, 0.2) is 48.7 Å². The Labute approximate surface area is 135 Å². The molecule has 1 amide bonds. The first kappa shape index (κ1) is 15.5. The predicted molar refractivity (Wildman–Crippen MR) is 87.6 cm³/mol.